The lowest BCUT2D eigenvalue weighted by molar-refractivity contribution is 0.0916. The Hall–Kier alpha value is -3.38. The second-order valence-electron chi connectivity index (χ2n) is 7.09. The van der Waals surface area contributed by atoms with E-state index in [4.69, 9.17) is 9.47 Å². The van der Waals surface area contributed by atoms with Crippen molar-refractivity contribution in [1.82, 2.24) is 10.3 Å². The molecule has 2 N–H and O–H groups in total. The fraction of sp³-hybridized carbons (Fsp3) is 0.250. The maximum Gasteiger partial charge on any atom is 0.251 e. The number of carbonyl (C=O) groups excluding carboxylic acids is 1. The molecule has 0 fully saturated rings. The summed E-state index contributed by atoms with van der Waals surface area (Å²) in [6.45, 7) is 4.35. The van der Waals surface area contributed by atoms with E-state index in [0.717, 1.165) is 22.4 Å². The van der Waals surface area contributed by atoms with Gasteiger partial charge in [-0.25, -0.2) is 0 Å². The van der Waals surface area contributed by atoms with Gasteiger partial charge in [0.05, 0.1) is 13.2 Å². The fourth-order valence-electron chi connectivity index (χ4n) is 3.18. The van der Waals surface area contributed by atoms with Crippen LogP contribution in [0.25, 0.3) is 0 Å². The Morgan fingerprint density at radius 3 is 2.43 bits per heavy atom. The minimum Gasteiger partial charge on any atom is -0.497 e. The summed E-state index contributed by atoms with van der Waals surface area (Å²) >= 11 is 0. The summed E-state index contributed by atoms with van der Waals surface area (Å²) in [6, 6.07) is 14.5. The van der Waals surface area contributed by atoms with E-state index in [9.17, 15) is 9.90 Å². The molecule has 0 aliphatic heterocycles. The van der Waals surface area contributed by atoms with E-state index in [2.05, 4.69) is 10.3 Å². The number of carbonyl (C=O) groups is 1. The lowest BCUT2D eigenvalue weighted by Gasteiger charge is -2.15. The molecule has 3 rings (SSSR count). The summed E-state index contributed by atoms with van der Waals surface area (Å²) in [6.07, 6.45) is 2.68. The standard InChI is InChI=1S/C24H26N2O4/c1-16-11-20(12-17(2)23(16)30-15-18-5-4-10-25-13-18)24(28)26-14-22(27)19-6-8-21(29-3)9-7-19/h4-13,22,27H,14-15H2,1-3H3,(H,26,28). The van der Waals surface area contributed by atoms with Crippen LogP contribution >= 0.6 is 0 Å². The normalized spacial score (nSPS) is 11.6. The number of nitrogens with zero attached hydrogens (tertiary/aromatic N) is 1. The molecular weight excluding hydrogens is 380 g/mol. The zero-order valence-electron chi connectivity index (χ0n) is 17.4. The predicted molar refractivity (Wildman–Crippen MR) is 115 cm³/mol. The van der Waals surface area contributed by atoms with Gasteiger partial charge >= 0.3 is 0 Å². The zero-order chi connectivity index (χ0) is 21.5. The monoisotopic (exact) mass is 406 g/mol. The number of aryl methyl sites for hydroxylation is 2. The maximum atomic E-state index is 12.6. The number of hydrogen-bond donors (Lipinski definition) is 2. The van der Waals surface area contributed by atoms with E-state index in [-0.39, 0.29) is 12.5 Å². The van der Waals surface area contributed by atoms with Gasteiger partial charge in [-0.15, -0.1) is 0 Å². The van der Waals surface area contributed by atoms with Crippen molar-refractivity contribution in [2.45, 2.75) is 26.6 Å². The molecule has 1 heterocycles. The van der Waals surface area contributed by atoms with E-state index in [0.29, 0.717) is 23.5 Å². The number of aliphatic hydroxyl groups is 1. The third-order valence-corrected chi connectivity index (χ3v) is 4.79. The Kier molecular flexibility index (Phi) is 7.03. The van der Waals surface area contributed by atoms with E-state index in [1.54, 1.807) is 55.9 Å². The average molecular weight is 406 g/mol. The molecule has 1 unspecified atom stereocenters. The van der Waals surface area contributed by atoms with Gasteiger partial charge in [0.1, 0.15) is 18.1 Å². The molecule has 2 aromatic carbocycles. The SMILES string of the molecule is COc1ccc(C(O)CNC(=O)c2cc(C)c(OCc3cccnc3)c(C)c2)cc1. The summed E-state index contributed by atoms with van der Waals surface area (Å²) < 4.78 is 11.1. The molecule has 6 nitrogen and oxygen atoms in total. The molecule has 0 bridgehead atoms. The molecule has 0 spiro atoms. The maximum absolute atomic E-state index is 12.6. The summed E-state index contributed by atoms with van der Waals surface area (Å²) in [5.74, 6) is 1.23. The number of benzene rings is 2. The van der Waals surface area contributed by atoms with Crippen LogP contribution in [0.3, 0.4) is 0 Å². The van der Waals surface area contributed by atoms with Gasteiger partial charge < -0.3 is 19.9 Å². The quantitative estimate of drug-likeness (QED) is 0.596. The number of methoxy groups -OCH3 is 1. The van der Waals surface area contributed by atoms with Crippen molar-refractivity contribution in [3.8, 4) is 11.5 Å². The van der Waals surface area contributed by atoms with Crippen molar-refractivity contribution in [3.05, 3.63) is 88.7 Å². The smallest absolute Gasteiger partial charge is 0.251 e. The first-order valence-corrected chi connectivity index (χ1v) is 9.71. The number of amides is 1. The van der Waals surface area contributed by atoms with Crippen LogP contribution in [0.2, 0.25) is 0 Å². The van der Waals surface area contributed by atoms with Crippen molar-refractivity contribution < 1.29 is 19.4 Å². The first kappa shape index (κ1) is 21.3. The number of hydrogen-bond acceptors (Lipinski definition) is 5. The molecule has 1 atom stereocenters. The van der Waals surface area contributed by atoms with E-state index in [1.807, 2.05) is 26.0 Å². The number of aromatic nitrogens is 1. The van der Waals surface area contributed by atoms with Gasteiger partial charge in [-0.3, -0.25) is 9.78 Å². The Morgan fingerprint density at radius 1 is 1.13 bits per heavy atom. The van der Waals surface area contributed by atoms with Crippen molar-refractivity contribution >= 4 is 5.91 Å². The largest absolute Gasteiger partial charge is 0.497 e. The fourth-order valence-corrected chi connectivity index (χ4v) is 3.18. The number of ether oxygens (including phenoxy) is 2. The summed E-state index contributed by atoms with van der Waals surface area (Å²) in [4.78, 5) is 16.7. The van der Waals surface area contributed by atoms with Crippen molar-refractivity contribution in [3.63, 3.8) is 0 Å². The Morgan fingerprint density at radius 2 is 1.83 bits per heavy atom. The first-order valence-electron chi connectivity index (χ1n) is 9.71. The molecule has 3 aromatic rings. The highest BCUT2D eigenvalue weighted by atomic mass is 16.5. The van der Waals surface area contributed by atoms with Crippen LogP contribution in [0.5, 0.6) is 11.5 Å². The third kappa shape index (κ3) is 5.36. The first-order chi connectivity index (χ1) is 14.5. The highest BCUT2D eigenvalue weighted by Gasteiger charge is 2.14. The van der Waals surface area contributed by atoms with Crippen molar-refractivity contribution in [1.29, 1.82) is 0 Å². The van der Waals surface area contributed by atoms with Gasteiger partial charge in [-0.2, -0.15) is 0 Å². The van der Waals surface area contributed by atoms with Gasteiger partial charge in [0, 0.05) is 30.1 Å². The van der Waals surface area contributed by atoms with Crippen LogP contribution < -0.4 is 14.8 Å². The topological polar surface area (TPSA) is 80.7 Å². The minimum absolute atomic E-state index is 0.114. The zero-order valence-corrected chi connectivity index (χ0v) is 17.4. The lowest BCUT2D eigenvalue weighted by atomic mass is 10.0. The predicted octanol–water partition coefficient (Wildman–Crippen LogP) is 3.75. The second-order valence-corrected chi connectivity index (χ2v) is 7.09. The molecule has 0 aliphatic carbocycles. The van der Waals surface area contributed by atoms with Gasteiger partial charge in [0.2, 0.25) is 0 Å². The summed E-state index contributed by atoms with van der Waals surface area (Å²) in [5.41, 5.74) is 3.97. The second kappa shape index (κ2) is 9.89. The molecule has 156 valence electrons. The van der Waals surface area contributed by atoms with E-state index >= 15 is 0 Å². The number of aliphatic hydroxyl groups excluding tert-OH is 1. The molecule has 1 aromatic heterocycles. The number of rotatable bonds is 8. The molecule has 0 radical (unpaired) electrons. The molecule has 1 amide bonds. The van der Waals surface area contributed by atoms with Crippen LogP contribution in [0.1, 0.15) is 38.7 Å². The highest BCUT2D eigenvalue weighted by molar-refractivity contribution is 5.94. The van der Waals surface area contributed by atoms with Crippen LogP contribution in [0.4, 0.5) is 0 Å². The van der Waals surface area contributed by atoms with Gasteiger partial charge in [0.15, 0.2) is 0 Å². The molecule has 0 saturated heterocycles. The molecule has 30 heavy (non-hydrogen) atoms. The summed E-state index contributed by atoms with van der Waals surface area (Å²) in [5, 5.41) is 13.1. The van der Waals surface area contributed by atoms with E-state index < -0.39 is 6.10 Å². The Balaban J connectivity index is 1.61. The minimum atomic E-state index is -0.802. The Bertz CT molecular complexity index is 965. The van der Waals surface area contributed by atoms with E-state index in [1.165, 1.54) is 0 Å². The number of pyridine rings is 1. The van der Waals surface area contributed by atoms with Crippen LogP contribution in [0.15, 0.2) is 60.9 Å². The average Bonchev–Trinajstić information content (AvgIpc) is 2.77. The Labute approximate surface area is 176 Å². The molecular formula is C24H26N2O4. The van der Waals surface area contributed by atoms with Gasteiger partial charge in [-0.1, -0.05) is 18.2 Å². The summed E-state index contributed by atoms with van der Waals surface area (Å²) in [7, 11) is 1.59. The molecule has 0 aliphatic rings. The van der Waals surface area contributed by atoms with Crippen molar-refractivity contribution in [2.24, 2.45) is 0 Å². The lowest BCUT2D eigenvalue weighted by Crippen LogP contribution is -2.28. The highest BCUT2D eigenvalue weighted by Crippen LogP contribution is 2.26. The van der Waals surface area contributed by atoms with Crippen molar-refractivity contribution in [2.75, 3.05) is 13.7 Å². The van der Waals surface area contributed by atoms with Crippen LogP contribution in [0, 0.1) is 13.8 Å². The van der Waals surface area contributed by atoms with Crippen LogP contribution in [-0.4, -0.2) is 29.7 Å². The van der Waals surface area contributed by atoms with Gasteiger partial charge in [-0.05, 0) is 60.9 Å². The third-order valence-electron chi connectivity index (χ3n) is 4.79. The molecule has 0 saturated carbocycles. The van der Waals surface area contributed by atoms with Gasteiger partial charge in [0.25, 0.3) is 5.91 Å². The molecule has 6 heteroatoms. The van der Waals surface area contributed by atoms with Crippen LogP contribution in [-0.2, 0) is 6.61 Å². The number of nitrogens with one attached hydrogen (secondary N) is 1.